The number of amides is 1. The fourth-order valence-electron chi connectivity index (χ4n) is 2.96. The minimum atomic E-state index is 0.131. The number of benzene rings is 1. The van der Waals surface area contributed by atoms with E-state index in [0.717, 1.165) is 30.4 Å². The molecule has 84 valence electrons. The standard InChI is InChI=1S/C13H14BrNO/c14-11-3-1-10(2-4-11)13-5-7-15(8-6-13)12(16)9-13/h1-4H,5-9H2. The van der Waals surface area contributed by atoms with Crippen molar-refractivity contribution in [2.24, 2.45) is 0 Å². The Labute approximate surface area is 104 Å². The zero-order chi connectivity index (χ0) is 11.2. The van der Waals surface area contributed by atoms with Crippen LogP contribution in [-0.2, 0) is 10.2 Å². The number of hydrogen-bond donors (Lipinski definition) is 0. The van der Waals surface area contributed by atoms with Crippen molar-refractivity contribution in [2.75, 3.05) is 13.1 Å². The highest BCUT2D eigenvalue weighted by Gasteiger charge is 2.44. The zero-order valence-corrected chi connectivity index (χ0v) is 10.7. The van der Waals surface area contributed by atoms with Crippen molar-refractivity contribution in [3.8, 4) is 0 Å². The molecular formula is C13H14BrNO. The van der Waals surface area contributed by atoms with Gasteiger partial charge in [0.15, 0.2) is 0 Å². The van der Waals surface area contributed by atoms with Gasteiger partial charge in [-0.05, 0) is 30.5 Å². The van der Waals surface area contributed by atoms with Crippen LogP contribution in [0.4, 0.5) is 0 Å². The van der Waals surface area contributed by atoms with Gasteiger partial charge in [0, 0.05) is 29.4 Å². The molecule has 3 heterocycles. The Morgan fingerprint density at radius 3 is 2.31 bits per heavy atom. The lowest BCUT2D eigenvalue weighted by Gasteiger charge is -2.48. The second kappa shape index (κ2) is 3.59. The van der Waals surface area contributed by atoms with Crippen LogP contribution in [0.3, 0.4) is 0 Å². The van der Waals surface area contributed by atoms with Crippen LogP contribution in [0.2, 0.25) is 0 Å². The van der Waals surface area contributed by atoms with Gasteiger partial charge in [-0.15, -0.1) is 0 Å². The summed E-state index contributed by atoms with van der Waals surface area (Å²) in [4.78, 5) is 13.8. The fourth-order valence-corrected chi connectivity index (χ4v) is 3.22. The van der Waals surface area contributed by atoms with E-state index in [2.05, 4.69) is 40.2 Å². The maximum atomic E-state index is 11.8. The molecule has 0 N–H and O–H groups in total. The first-order chi connectivity index (χ1) is 7.70. The molecule has 0 saturated carbocycles. The Balaban J connectivity index is 1.98. The number of hydrogen-bond acceptors (Lipinski definition) is 1. The van der Waals surface area contributed by atoms with Gasteiger partial charge < -0.3 is 4.90 Å². The Morgan fingerprint density at radius 1 is 1.12 bits per heavy atom. The van der Waals surface area contributed by atoms with Crippen molar-refractivity contribution in [1.82, 2.24) is 4.90 Å². The molecule has 2 bridgehead atoms. The van der Waals surface area contributed by atoms with Crippen LogP contribution in [0.15, 0.2) is 28.7 Å². The monoisotopic (exact) mass is 279 g/mol. The van der Waals surface area contributed by atoms with Gasteiger partial charge in [-0.2, -0.15) is 0 Å². The number of piperidine rings is 3. The Morgan fingerprint density at radius 2 is 1.75 bits per heavy atom. The number of carbonyl (C=O) groups is 1. The summed E-state index contributed by atoms with van der Waals surface area (Å²) in [7, 11) is 0. The lowest BCUT2D eigenvalue weighted by Crippen LogP contribution is -2.53. The van der Waals surface area contributed by atoms with E-state index in [1.807, 2.05) is 4.90 Å². The minimum Gasteiger partial charge on any atom is -0.343 e. The molecule has 0 unspecified atom stereocenters. The van der Waals surface area contributed by atoms with Crippen molar-refractivity contribution in [2.45, 2.75) is 24.7 Å². The maximum Gasteiger partial charge on any atom is 0.223 e. The third-order valence-corrected chi connectivity index (χ3v) is 4.55. The smallest absolute Gasteiger partial charge is 0.223 e. The van der Waals surface area contributed by atoms with Crippen LogP contribution in [0.1, 0.15) is 24.8 Å². The molecule has 1 aromatic carbocycles. The van der Waals surface area contributed by atoms with Gasteiger partial charge in [0.05, 0.1) is 0 Å². The summed E-state index contributed by atoms with van der Waals surface area (Å²) < 4.78 is 1.10. The Bertz CT molecular complexity index is 418. The van der Waals surface area contributed by atoms with E-state index in [9.17, 15) is 4.79 Å². The van der Waals surface area contributed by atoms with Crippen LogP contribution < -0.4 is 0 Å². The summed E-state index contributed by atoms with van der Waals surface area (Å²) in [5, 5.41) is 0. The molecule has 1 amide bonds. The van der Waals surface area contributed by atoms with E-state index < -0.39 is 0 Å². The predicted molar refractivity (Wildman–Crippen MR) is 66.3 cm³/mol. The average Bonchev–Trinajstić information content (AvgIpc) is 2.31. The Hall–Kier alpha value is -0.830. The van der Waals surface area contributed by atoms with Crippen LogP contribution >= 0.6 is 15.9 Å². The third-order valence-electron chi connectivity index (χ3n) is 4.02. The van der Waals surface area contributed by atoms with Crippen LogP contribution in [0.25, 0.3) is 0 Å². The normalized spacial score (nSPS) is 22.6. The van der Waals surface area contributed by atoms with Crippen LogP contribution in [-0.4, -0.2) is 23.9 Å². The van der Waals surface area contributed by atoms with Gasteiger partial charge in [0.25, 0.3) is 0 Å². The number of carbonyl (C=O) groups excluding carboxylic acids is 1. The van der Waals surface area contributed by atoms with Crippen molar-refractivity contribution >= 4 is 21.8 Å². The topological polar surface area (TPSA) is 20.3 Å². The third kappa shape index (κ3) is 1.49. The van der Waals surface area contributed by atoms with Gasteiger partial charge >= 0.3 is 0 Å². The van der Waals surface area contributed by atoms with Crippen molar-refractivity contribution in [3.05, 3.63) is 34.3 Å². The molecule has 0 radical (unpaired) electrons. The summed E-state index contributed by atoms with van der Waals surface area (Å²) in [6.45, 7) is 1.88. The minimum absolute atomic E-state index is 0.131. The highest BCUT2D eigenvalue weighted by molar-refractivity contribution is 9.10. The number of rotatable bonds is 1. The molecule has 3 aliphatic rings. The first-order valence-corrected chi connectivity index (χ1v) is 6.53. The van der Waals surface area contributed by atoms with E-state index >= 15 is 0 Å². The predicted octanol–water partition coefficient (Wildman–Crippen LogP) is 2.71. The first-order valence-electron chi connectivity index (χ1n) is 5.73. The van der Waals surface area contributed by atoms with E-state index in [4.69, 9.17) is 0 Å². The van der Waals surface area contributed by atoms with Gasteiger partial charge in [0.2, 0.25) is 5.91 Å². The second-order valence-electron chi connectivity index (χ2n) is 4.84. The van der Waals surface area contributed by atoms with E-state index in [1.165, 1.54) is 5.56 Å². The molecule has 4 rings (SSSR count). The molecule has 2 nitrogen and oxygen atoms in total. The van der Waals surface area contributed by atoms with Crippen molar-refractivity contribution < 1.29 is 4.79 Å². The van der Waals surface area contributed by atoms with Gasteiger partial charge in [0.1, 0.15) is 0 Å². The molecule has 3 heteroatoms. The summed E-state index contributed by atoms with van der Waals surface area (Å²) in [6, 6.07) is 8.49. The molecule has 3 aliphatic heterocycles. The second-order valence-corrected chi connectivity index (χ2v) is 5.76. The number of fused-ring (bicyclic) bond motifs is 3. The van der Waals surface area contributed by atoms with Crippen molar-refractivity contribution in [1.29, 1.82) is 0 Å². The lowest BCUT2D eigenvalue weighted by molar-refractivity contribution is -0.140. The van der Waals surface area contributed by atoms with E-state index in [0.29, 0.717) is 12.3 Å². The number of nitrogens with zero attached hydrogens (tertiary/aromatic N) is 1. The van der Waals surface area contributed by atoms with E-state index in [1.54, 1.807) is 0 Å². The highest BCUT2D eigenvalue weighted by atomic mass is 79.9. The SMILES string of the molecule is O=C1CC2(c3ccc(Br)cc3)CCN1CC2. The first kappa shape index (κ1) is 10.3. The van der Waals surface area contributed by atoms with Gasteiger partial charge in [-0.25, -0.2) is 0 Å². The number of halogens is 1. The summed E-state index contributed by atoms with van der Waals surface area (Å²) in [5.41, 5.74) is 1.47. The Kier molecular flexibility index (Phi) is 2.32. The molecule has 0 aromatic heterocycles. The molecule has 1 aromatic rings. The largest absolute Gasteiger partial charge is 0.343 e. The quantitative estimate of drug-likeness (QED) is 0.774. The summed E-state index contributed by atoms with van der Waals surface area (Å²) in [5.74, 6) is 0.334. The van der Waals surface area contributed by atoms with Crippen LogP contribution in [0, 0.1) is 0 Å². The maximum absolute atomic E-state index is 11.8. The van der Waals surface area contributed by atoms with Gasteiger partial charge in [-0.1, -0.05) is 28.1 Å². The molecule has 0 atom stereocenters. The van der Waals surface area contributed by atoms with E-state index in [-0.39, 0.29) is 5.41 Å². The molecule has 0 spiro atoms. The van der Waals surface area contributed by atoms with Gasteiger partial charge in [-0.3, -0.25) is 4.79 Å². The average molecular weight is 280 g/mol. The molecule has 0 aliphatic carbocycles. The zero-order valence-electron chi connectivity index (χ0n) is 9.08. The molecule has 16 heavy (non-hydrogen) atoms. The molecule has 3 fully saturated rings. The molecule has 3 saturated heterocycles. The van der Waals surface area contributed by atoms with Crippen LogP contribution in [0.5, 0.6) is 0 Å². The fraction of sp³-hybridized carbons (Fsp3) is 0.462. The molecular weight excluding hydrogens is 266 g/mol. The summed E-state index contributed by atoms with van der Waals surface area (Å²) in [6.07, 6.45) is 2.95. The lowest BCUT2D eigenvalue weighted by atomic mass is 9.67. The van der Waals surface area contributed by atoms with Crippen molar-refractivity contribution in [3.63, 3.8) is 0 Å². The summed E-state index contributed by atoms with van der Waals surface area (Å²) >= 11 is 3.46. The highest BCUT2D eigenvalue weighted by Crippen LogP contribution is 2.43.